The SMILES string of the molecule is O=C1CC(Nc2ncc(C(=O)O)cc2Cl)CN1. The summed E-state index contributed by atoms with van der Waals surface area (Å²) in [6.45, 7) is 0.511. The van der Waals surface area contributed by atoms with Crippen LogP contribution in [0.2, 0.25) is 5.02 Å². The summed E-state index contributed by atoms with van der Waals surface area (Å²) in [4.78, 5) is 25.6. The number of anilines is 1. The van der Waals surface area contributed by atoms with Gasteiger partial charge in [0.2, 0.25) is 5.91 Å². The van der Waals surface area contributed by atoms with Gasteiger partial charge < -0.3 is 15.7 Å². The van der Waals surface area contributed by atoms with Crippen LogP contribution in [0, 0.1) is 0 Å². The van der Waals surface area contributed by atoms with Crippen LogP contribution in [-0.4, -0.2) is 34.6 Å². The Morgan fingerprint density at radius 1 is 1.65 bits per heavy atom. The van der Waals surface area contributed by atoms with Crippen LogP contribution in [0.1, 0.15) is 16.8 Å². The van der Waals surface area contributed by atoms with E-state index < -0.39 is 5.97 Å². The van der Waals surface area contributed by atoms with Crippen LogP contribution >= 0.6 is 11.6 Å². The first kappa shape index (κ1) is 11.7. The molecule has 0 spiro atoms. The van der Waals surface area contributed by atoms with Gasteiger partial charge in [0.1, 0.15) is 5.82 Å². The summed E-state index contributed by atoms with van der Waals surface area (Å²) in [5, 5.41) is 14.6. The number of hydrogen-bond donors (Lipinski definition) is 3. The molecule has 1 fully saturated rings. The number of carboxylic acids is 1. The normalized spacial score (nSPS) is 18.9. The number of nitrogens with one attached hydrogen (secondary N) is 2. The van der Waals surface area contributed by atoms with Crippen molar-refractivity contribution in [3.05, 3.63) is 22.8 Å². The number of aromatic nitrogens is 1. The summed E-state index contributed by atoms with van der Waals surface area (Å²) in [6, 6.07) is 1.26. The van der Waals surface area contributed by atoms with E-state index in [2.05, 4.69) is 15.6 Å². The number of pyridine rings is 1. The highest BCUT2D eigenvalue weighted by Gasteiger charge is 2.22. The molecule has 1 saturated heterocycles. The molecule has 1 aliphatic rings. The Kier molecular flexibility index (Phi) is 3.14. The lowest BCUT2D eigenvalue weighted by molar-refractivity contribution is -0.119. The Bertz CT molecular complexity index is 478. The number of hydrogen-bond acceptors (Lipinski definition) is 4. The Morgan fingerprint density at radius 2 is 2.41 bits per heavy atom. The highest BCUT2D eigenvalue weighted by Crippen LogP contribution is 2.21. The van der Waals surface area contributed by atoms with Gasteiger partial charge in [0.15, 0.2) is 0 Å². The second kappa shape index (κ2) is 4.58. The molecule has 2 heterocycles. The van der Waals surface area contributed by atoms with Gasteiger partial charge in [0.05, 0.1) is 16.6 Å². The summed E-state index contributed by atoms with van der Waals surface area (Å²) in [6.07, 6.45) is 1.58. The van der Waals surface area contributed by atoms with Gasteiger partial charge >= 0.3 is 5.97 Å². The lowest BCUT2D eigenvalue weighted by Gasteiger charge is -2.12. The highest BCUT2D eigenvalue weighted by atomic mass is 35.5. The molecule has 6 nitrogen and oxygen atoms in total. The standard InChI is InChI=1S/C10H10ClN3O3/c11-7-1-5(10(16)17)3-13-9(7)14-6-2-8(15)12-4-6/h1,3,6H,2,4H2,(H,12,15)(H,13,14)(H,16,17). The summed E-state index contributed by atoms with van der Waals surface area (Å²) < 4.78 is 0. The lowest BCUT2D eigenvalue weighted by Crippen LogP contribution is -2.23. The average molecular weight is 256 g/mol. The third kappa shape index (κ3) is 2.65. The van der Waals surface area contributed by atoms with Gasteiger partial charge in [-0.3, -0.25) is 4.79 Å². The van der Waals surface area contributed by atoms with Crippen molar-refractivity contribution in [3.8, 4) is 0 Å². The first-order chi connectivity index (χ1) is 8.06. The van der Waals surface area contributed by atoms with Crippen LogP contribution in [-0.2, 0) is 4.79 Å². The Morgan fingerprint density at radius 3 is 2.94 bits per heavy atom. The zero-order valence-electron chi connectivity index (χ0n) is 8.74. The fourth-order valence-electron chi connectivity index (χ4n) is 1.56. The molecule has 90 valence electrons. The molecule has 0 radical (unpaired) electrons. The van der Waals surface area contributed by atoms with Crippen LogP contribution in [0.15, 0.2) is 12.3 Å². The van der Waals surface area contributed by atoms with E-state index >= 15 is 0 Å². The molecule has 17 heavy (non-hydrogen) atoms. The molecule has 0 bridgehead atoms. The number of rotatable bonds is 3. The Labute approximate surface area is 102 Å². The maximum Gasteiger partial charge on any atom is 0.337 e. The molecular weight excluding hydrogens is 246 g/mol. The minimum atomic E-state index is -1.08. The quantitative estimate of drug-likeness (QED) is 0.741. The highest BCUT2D eigenvalue weighted by molar-refractivity contribution is 6.33. The van der Waals surface area contributed by atoms with Crippen LogP contribution < -0.4 is 10.6 Å². The van der Waals surface area contributed by atoms with Crippen LogP contribution in [0.4, 0.5) is 5.82 Å². The number of carbonyl (C=O) groups is 2. The van der Waals surface area contributed by atoms with Crippen molar-refractivity contribution in [2.75, 3.05) is 11.9 Å². The minimum absolute atomic E-state index is 0.0271. The Balaban J connectivity index is 2.11. The smallest absolute Gasteiger partial charge is 0.337 e. The summed E-state index contributed by atoms with van der Waals surface area (Å²) in [7, 11) is 0. The number of amides is 1. The van der Waals surface area contributed by atoms with Gasteiger partial charge in [-0.15, -0.1) is 0 Å². The molecule has 1 amide bonds. The number of carboxylic acid groups (broad SMARTS) is 1. The topological polar surface area (TPSA) is 91.3 Å². The second-order valence-corrected chi connectivity index (χ2v) is 4.12. The third-order valence-corrected chi connectivity index (χ3v) is 2.69. The monoisotopic (exact) mass is 255 g/mol. The van der Waals surface area contributed by atoms with Crippen molar-refractivity contribution >= 4 is 29.3 Å². The molecule has 0 aromatic carbocycles. The van der Waals surface area contributed by atoms with E-state index in [1.165, 1.54) is 12.3 Å². The Hall–Kier alpha value is -1.82. The molecule has 0 aliphatic carbocycles. The molecular formula is C10H10ClN3O3. The van der Waals surface area contributed by atoms with Crippen molar-refractivity contribution in [2.45, 2.75) is 12.5 Å². The maximum absolute atomic E-state index is 11.0. The molecule has 3 N–H and O–H groups in total. The predicted molar refractivity (Wildman–Crippen MR) is 61.2 cm³/mol. The predicted octanol–water partition coefficient (Wildman–Crippen LogP) is 0.734. The zero-order chi connectivity index (χ0) is 12.4. The fraction of sp³-hybridized carbons (Fsp3) is 0.300. The molecule has 1 aromatic rings. The molecule has 0 saturated carbocycles. The van der Waals surface area contributed by atoms with Crippen LogP contribution in [0.5, 0.6) is 0 Å². The second-order valence-electron chi connectivity index (χ2n) is 3.71. The van der Waals surface area contributed by atoms with Gasteiger partial charge in [-0.2, -0.15) is 0 Å². The first-order valence-corrected chi connectivity index (χ1v) is 5.36. The largest absolute Gasteiger partial charge is 0.478 e. The molecule has 7 heteroatoms. The van der Waals surface area contributed by atoms with Crippen LogP contribution in [0.3, 0.4) is 0 Å². The number of halogens is 1. The van der Waals surface area contributed by atoms with Gasteiger partial charge in [0.25, 0.3) is 0 Å². The molecule has 2 rings (SSSR count). The van der Waals surface area contributed by atoms with Gasteiger partial charge in [0, 0.05) is 19.2 Å². The van der Waals surface area contributed by atoms with Gasteiger partial charge in [-0.25, -0.2) is 9.78 Å². The first-order valence-electron chi connectivity index (χ1n) is 4.98. The number of nitrogens with zero attached hydrogens (tertiary/aromatic N) is 1. The minimum Gasteiger partial charge on any atom is -0.478 e. The van der Waals surface area contributed by atoms with E-state index in [1.54, 1.807) is 0 Å². The molecule has 1 aliphatic heterocycles. The molecule has 1 aromatic heterocycles. The van der Waals surface area contributed by atoms with Gasteiger partial charge in [-0.1, -0.05) is 11.6 Å². The van der Waals surface area contributed by atoms with E-state index in [1.807, 2.05) is 0 Å². The van der Waals surface area contributed by atoms with Crippen molar-refractivity contribution in [2.24, 2.45) is 0 Å². The molecule has 1 atom stereocenters. The third-order valence-electron chi connectivity index (χ3n) is 2.41. The zero-order valence-corrected chi connectivity index (χ0v) is 9.49. The van der Waals surface area contributed by atoms with Crippen molar-refractivity contribution in [3.63, 3.8) is 0 Å². The van der Waals surface area contributed by atoms with Crippen molar-refractivity contribution in [1.29, 1.82) is 0 Å². The molecule has 1 unspecified atom stereocenters. The van der Waals surface area contributed by atoms with E-state index in [4.69, 9.17) is 16.7 Å². The van der Waals surface area contributed by atoms with E-state index in [-0.39, 0.29) is 22.5 Å². The summed E-state index contributed by atoms with van der Waals surface area (Å²) in [5.41, 5.74) is 0.0289. The van der Waals surface area contributed by atoms with Crippen LogP contribution in [0.25, 0.3) is 0 Å². The fourth-order valence-corrected chi connectivity index (χ4v) is 1.78. The van der Waals surface area contributed by atoms with Crippen molar-refractivity contribution in [1.82, 2.24) is 10.3 Å². The summed E-state index contributed by atoms with van der Waals surface area (Å²) >= 11 is 5.89. The summed E-state index contributed by atoms with van der Waals surface area (Å²) in [5.74, 6) is -0.720. The number of aromatic carboxylic acids is 1. The maximum atomic E-state index is 11.0. The van der Waals surface area contributed by atoms with E-state index in [0.29, 0.717) is 18.8 Å². The van der Waals surface area contributed by atoms with Crippen molar-refractivity contribution < 1.29 is 14.7 Å². The number of carbonyl (C=O) groups excluding carboxylic acids is 1. The van der Waals surface area contributed by atoms with Gasteiger partial charge in [-0.05, 0) is 6.07 Å². The average Bonchev–Trinajstić information content (AvgIpc) is 2.67. The van der Waals surface area contributed by atoms with E-state index in [9.17, 15) is 9.59 Å². The van der Waals surface area contributed by atoms with E-state index in [0.717, 1.165) is 0 Å². The lowest BCUT2D eigenvalue weighted by atomic mass is 10.2.